The predicted octanol–water partition coefficient (Wildman–Crippen LogP) is 10.1. The largest absolute Gasteiger partial charge is 0.506 e. The summed E-state index contributed by atoms with van der Waals surface area (Å²) in [7, 11) is 1.52. The topological polar surface area (TPSA) is 180 Å². The number of thioether (sulfide) groups is 1. The third-order valence-corrected chi connectivity index (χ3v) is 10.9. The van der Waals surface area contributed by atoms with E-state index in [-0.39, 0.29) is 35.2 Å². The summed E-state index contributed by atoms with van der Waals surface area (Å²) in [5.74, 6) is -0.804. The van der Waals surface area contributed by atoms with E-state index in [1.54, 1.807) is 60.9 Å². The Labute approximate surface area is 352 Å². The maximum absolute atomic E-state index is 13.8. The molecule has 6 rings (SSSR count). The fraction of sp³-hybridized carbons (Fsp3) is 0.261. The van der Waals surface area contributed by atoms with Crippen LogP contribution in [0.2, 0.25) is 0 Å². The molecule has 1 heterocycles. The number of amides is 2. The van der Waals surface area contributed by atoms with E-state index in [0.29, 0.717) is 51.6 Å². The van der Waals surface area contributed by atoms with E-state index in [1.807, 2.05) is 47.9 Å². The molecule has 5 aromatic carbocycles. The molecule has 0 fully saturated rings. The van der Waals surface area contributed by atoms with Crippen LogP contribution in [0.4, 0.5) is 16.2 Å². The Kier molecular flexibility index (Phi) is 14.4. The molecule has 3 N–H and O–H groups in total. The fourth-order valence-electron chi connectivity index (χ4n) is 6.70. The number of carboxylic acid groups (broad SMARTS) is 1. The second kappa shape index (κ2) is 20.2. The first-order valence-electron chi connectivity index (χ1n) is 19.7. The van der Waals surface area contributed by atoms with E-state index >= 15 is 0 Å². The number of aryl methyl sites for hydroxylation is 1. The van der Waals surface area contributed by atoms with Crippen LogP contribution in [0.3, 0.4) is 0 Å². The number of phenolic OH excluding ortho intramolecular Hbond substituents is 1. The minimum atomic E-state index is -0.903. The van der Waals surface area contributed by atoms with Crippen molar-refractivity contribution >= 4 is 51.9 Å². The van der Waals surface area contributed by atoms with Gasteiger partial charge in [-0.1, -0.05) is 86.5 Å². The van der Waals surface area contributed by atoms with Crippen molar-refractivity contribution < 1.29 is 34.1 Å². The number of nitrogens with zero attached hydrogens (tertiary/aromatic N) is 5. The molecule has 0 bridgehead atoms. The van der Waals surface area contributed by atoms with Crippen LogP contribution in [0.5, 0.6) is 17.2 Å². The number of ether oxygens (including phenoxy) is 2. The molecule has 1 atom stereocenters. The van der Waals surface area contributed by atoms with Gasteiger partial charge in [-0.25, -0.2) is 4.79 Å². The molecule has 0 aliphatic heterocycles. The zero-order valence-electron chi connectivity index (χ0n) is 33.6. The minimum Gasteiger partial charge on any atom is -0.506 e. The molecule has 0 saturated heterocycles. The molecule has 0 radical (unpaired) electrons. The lowest BCUT2D eigenvalue weighted by molar-refractivity contribution is -0.137. The molecular weight excluding hydrogens is 781 g/mol. The summed E-state index contributed by atoms with van der Waals surface area (Å²) in [4.78, 5) is 39.9. The molecule has 0 saturated carbocycles. The van der Waals surface area contributed by atoms with Crippen molar-refractivity contribution in [1.29, 1.82) is 5.26 Å². The number of aromatic hydroxyl groups is 1. The van der Waals surface area contributed by atoms with Gasteiger partial charge in [0.05, 0.1) is 28.6 Å². The van der Waals surface area contributed by atoms with Crippen LogP contribution in [-0.4, -0.2) is 56.1 Å². The van der Waals surface area contributed by atoms with Crippen molar-refractivity contribution in [3.8, 4) is 29.0 Å². The van der Waals surface area contributed by atoms with Crippen LogP contribution < -0.4 is 19.7 Å². The molecule has 1 unspecified atom stereocenters. The van der Waals surface area contributed by atoms with Gasteiger partial charge in [0, 0.05) is 35.7 Å². The van der Waals surface area contributed by atoms with Crippen molar-refractivity contribution in [2.24, 2.45) is 0 Å². The summed E-state index contributed by atoms with van der Waals surface area (Å²) in [6.45, 7) is 4.00. The van der Waals surface area contributed by atoms with Gasteiger partial charge in [0.2, 0.25) is 0 Å². The quantitative estimate of drug-likeness (QED) is 0.0554. The van der Waals surface area contributed by atoms with Crippen LogP contribution in [0.25, 0.3) is 16.5 Å². The SMILES string of the molecule is CCCCCCC(CCC(=O)O)Oc1ccc(C)cc1NC(=O)c1ccc2c(N(C)C(=O)Oc3ccc(CSc4nncn4-c4ccccc4)cc3C#N)cccc2c1O. The zero-order chi connectivity index (χ0) is 42.6. The average Bonchev–Trinajstić information content (AvgIpc) is 3.73. The molecule has 0 aliphatic rings. The van der Waals surface area contributed by atoms with E-state index in [0.717, 1.165) is 42.5 Å². The molecule has 1 aromatic heterocycles. The molecule has 60 heavy (non-hydrogen) atoms. The highest BCUT2D eigenvalue weighted by atomic mass is 32.2. The average molecular weight is 827 g/mol. The molecule has 14 heteroatoms. The third kappa shape index (κ3) is 10.6. The van der Waals surface area contributed by atoms with Crippen LogP contribution >= 0.6 is 11.8 Å². The Hall–Kier alpha value is -6.85. The number of carboxylic acids is 1. The Morgan fingerprint density at radius 3 is 2.50 bits per heavy atom. The maximum Gasteiger partial charge on any atom is 0.419 e. The first kappa shape index (κ1) is 42.7. The van der Waals surface area contributed by atoms with E-state index in [4.69, 9.17) is 9.47 Å². The van der Waals surface area contributed by atoms with Gasteiger partial charge in [-0.15, -0.1) is 10.2 Å². The second-order valence-electron chi connectivity index (χ2n) is 14.3. The Bertz CT molecular complexity index is 2520. The van der Waals surface area contributed by atoms with Gasteiger partial charge in [0.15, 0.2) is 10.9 Å². The summed E-state index contributed by atoms with van der Waals surface area (Å²) in [6.07, 6.45) is 5.54. The first-order valence-corrected chi connectivity index (χ1v) is 20.7. The molecule has 6 aromatic rings. The van der Waals surface area contributed by atoms with Crippen LogP contribution in [-0.2, 0) is 10.5 Å². The monoisotopic (exact) mass is 826 g/mol. The Morgan fingerprint density at radius 2 is 1.73 bits per heavy atom. The summed E-state index contributed by atoms with van der Waals surface area (Å²) in [5, 5.41) is 43.4. The van der Waals surface area contributed by atoms with Gasteiger partial charge in [-0.05, 0) is 85.8 Å². The van der Waals surface area contributed by atoms with Crippen molar-refractivity contribution in [3.05, 3.63) is 126 Å². The van der Waals surface area contributed by atoms with Crippen LogP contribution in [0, 0.1) is 18.3 Å². The van der Waals surface area contributed by atoms with E-state index < -0.39 is 18.0 Å². The number of para-hydroxylation sites is 1. The highest BCUT2D eigenvalue weighted by Gasteiger charge is 2.23. The Morgan fingerprint density at radius 1 is 0.933 bits per heavy atom. The predicted molar refractivity (Wildman–Crippen MR) is 231 cm³/mol. The van der Waals surface area contributed by atoms with Gasteiger partial charge in [0.25, 0.3) is 5.91 Å². The second-order valence-corrected chi connectivity index (χ2v) is 15.2. The zero-order valence-corrected chi connectivity index (χ0v) is 34.4. The number of anilines is 2. The summed E-state index contributed by atoms with van der Waals surface area (Å²) >= 11 is 1.45. The van der Waals surface area contributed by atoms with Gasteiger partial charge in [0.1, 0.15) is 23.9 Å². The van der Waals surface area contributed by atoms with Crippen molar-refractivity contribution in [1.82, 2.24) is 14.8 Å². The highest BCUT2D eigenvalue weighted by Crippen LogP contribution is 2.37. The number of phenols is 1. The standard InChI is InChI=1S/C46H46N6O7S/c1-4-5-6-10-14-34(19-24-42(53)54)58-41-22-17-30(2)25-38(41)49-44(56)37-21-20-35-36(43(37)55)15-11-16-39(35)51(3)46(57)59-40-23-18-31(26-32(40)27-47)28-60-45-50-48-29-52(45)33-12-8-7-9-13-33/h7-9,11-13,15-18,20-23,25-26,29,34,55H,4-6,10,14,19,24,28H2,1-3H3,(H,49,56)(H,53,54). The van der Waals surface area contributed by atoms with Gasteiger partial charge < -0.3 is 25.0 Å². The molecular formula is C46H46N6O7S. The highest BCUT2D eigenvalue weighted by molar-refractivity contribution is 7.98. The number of fused-ring (bicyclic) bond motifs is 1. The number of benzene rings is 5. The lowest BCUT2D eigenvalue weighted by Gasteiger charge is -2.22. The number of rotatable bonds is 18. The Balaban J connectivity index is 1.15. The van der Waals surface area contributed by atoms with Crippen molar-refractivity contribution in [3.63, 3.8) is 0 Å². The summed E-state index contributed by atoms with van der Waals surface area (Å²) in [5.41, 5.74) is 3.57. The maximum atomic E-state index is 13.8. The molecule has 13 nitrogen and oxygen atoms in total. The van der Waals surface area contributed by atoms with Crippen LogP contribution in [0.15, 0.2) is 109 Å². The minimum absolute atomic E-state index is 0.00320. The molecule has 0 spiro atoms. The van der Waals surface area contributed by atoms with E-state index in [1.165, 1.54) is 29.8 Å². The number of nitrogens with one attached hydrogen (secondary N) is 1. The van der Waals surface area contributed by atoms with Gasteiger partial charge in [-0.3, -0.25) is 19.1 Å². The summed E-state index contributed by atoms with van der Waals surface area (Å²) in [6, 6.07) is 30.3. The number of carbonyl (C=O) groups is 3. The smallest absolute Gasteiger partial charge is 0.419 e. The normalized spacial score (nSPS) is 11.4. The fourth-order valence-corrected chi connectivity index (χ4v) is 7.57. The molecule has 0 aliphatic carbocycles. The number of unbranched alkanes of at least 4 members (excludes halogenated alkanes) is 3. The van der Waals surface area contributed by atoms with Crippen LogP contribution in [0.1, 0.15) is 78.9 Å². The molecule has 308 valence electrons. The number of carbonyl (C=O) groups excluding carboxylic acids is 2. The third-order valence-electron chi connectivity index (χ3n) is 9.91. The van der Waals surface area contributed by atoms with Crippen molar-refractivity contribution in [2.45, 2.75) is 75.8 Å². The van der Waals surface area contributed by atoms with Gasteiger partial charge >= 0.3 is 12.1 Å². The first-order chi connectivity index (χ1) is 29.1. The number of aromatic nitrogens is 3. The number of hydrogen-bond donors (Lipinski definition) is 3. The number of hydrogen-bond acceptors (Lipinski definition) is 10. The lowest BCUT2D eigenvalue weighted by Crippen LogP contribution is -2.29. The molecule has 2 amide bonds. The van der Waals surface area contributed by atoms with E-state index in [9.17, 15) is 29.9 Å². The number of nitriles is 1. The van der Waals surface area contributed by atoms with Gasteiger partial charge in [-0.2, -0.15) is 5.26 Å². The van der Waals surface area contributed by atoms with E-state index in [2.05, 4.69) is 28.5 Å². The summed E-state index contributed by atoms with van der Waals surface area (Å²) < 4.78 is 13.9. The van der Waals surface area contributed by atoms with Crippen molar-refractivity contribution in [2.75, 3.05) is 17.3 Å². The lowest BCUT2D eigenvalue weighted by atomic mass is 10.0. The number of aliphatic carboxylic acids is 1.